The molecule has 0 atom stereocenters. The van der Waals surface area contributed by atoms with E-state index >= 15 is 0 Å². The van der Waals surface area contributed by atoms with Gasteiger partial charge in [0.05, 0.1) is 0 Å². The second kappa shape index (κ2) is 2.74. The number of rotatable bonds is 1. The van der Waals surface area contributed by atoms with Crippen LogP contribution in [-0.4, -0.2) is 0 Å². The molecule has 0 radical (unpaired) electrons. The van der Waals surface area contributed by atoms with Crippen molar-refractivity contribution < 1.29 is 9.47 Å². The summed E-state index contributed by atoms with van der Waals surface area (Å²) in [5.41, 5.74) is 0.996. The number of benzene rings is 1. The Balaban J connectivity index is 2.28. The molecule has 1 aliphatic rings. The molecule has 0 fully saturated rings. The molecule has 1 aliphatic heterocycles. The molecule has 0 saturated heterocycles. The van der Waals surface area contributed by atoms with Crippen molar-refractivity contribution in [3.8, 4) is 0 Å². The Kier molecular flexibility index (Phi) is 1.59. The van der Waals surface area contributed by atoms with Crippen molar-refractivity contribution in [2.75, 3.05) is 0 Å². The van der Waals surface area contributed by atoms with Crippen molar-refractivity contribution >= 4 is 5.76 Å². The lowest BCUT2D eigenvalue weighted by Gasteiger charge is -1.99. The Morgan fingerprint density at radius 2 is 1.83 bits per heavy atom. The van der Waals surface area contributed by atoms with E-state index in [1.165, 1.54) is 0 Å². The van der Waals surface area contributed by atoms with Crippen molar-refractivity contribution in [1.82, 2.24) is 0 Å². The van der Waals surface area contributed by atoms with Gasteiger partial charge in [0.2, 0.25) is 0 Å². The molecule has 0 bridgehead atoms. The average Bonchev–Trinajstić information content (AvgIpc) is 2.54. The SMILES string of the molecule is C=C1OC=C(c2ccccc2)O1. The van der Waals surface area contributed by atoms with Crippen LogP contribution in [0.25, 0.3) is 5.76 Å². The fourth-order valence-corrected chi connectivity index (χ4v) is 1.02. The highest BCUT2D eigenvalue weighted by atomic mass is 16.7. The van der Waals surface area contributed by atoms with E-state index in [9.17, 15) is 0 Å². The molecular formula is C10H8O2. The molecule has 1 aromatic rings. The Hall–Kier alpha value is -1.70. The molecule has 0 aromatic heterocycles. The van der Waals surface area contributed by atoms with Gasteiger partial charge >= 0.3 is 0 Å². The minimum atomic E-state index is 0.328. The van der Waals surface area contributed by atoms with E-state index in [-0.39, 0.29) is 0 Å². The zero-order valence-corrected chi connectivity index (χ0v) is 6.49. The maximum Gasteiger partial charge on any atom is 0.282 e. The molecule has 1 aromatic carbocycles. The van der Waals surface area contributed by atoms with Crippen molar-refractivity contribution in [2.24, 2.45) is 0 Å². The molecular weight excluding hydrogens is 152 g/mol. The minimum absolute atomic E-state index is 0.328. The smallest absolute Gasteiger partial charge is 0.282 e. The van der Waals surface area contributed by atoms with Gasteiger partial charge in [0.1, 0.15) is 6.26 Å². The van der Waals surface area contributed by atoms with Gasteiger partial charge in [-0.1, -0.05) is 30.3 Å². The summed E-state index contributed by atoms with van der Waals surface area (Å²) in [4.78, 5) is 0. The summed E-state index contributed by atoms with van der Waals surface area (Å²) in [6, 6.07) is 9.75. The first-order valence-corrected chi connectivity index (χ1v) is 3.65. The number of hydrogen-bond acceptors (Lipinski definition) is 2. The molecule has 0 aliphatic carbocycles. The standard InChI is InChI=1S/C10H8O2/c1-8-11-7-10(12-8)9-5-3-2-4-6-9/h2-7H,1H2. The van der Waals surface area contributed by atoms with Crippen molar-refractivity contribution in [3.63, 3.8) is 0 Å². The summed E-state index contributed by atoms with van der Waals surface area (Å²) in [7, 11) is 0. The molecule has 60 valence electrons. The van der Waals surface area contributed by atoms with E-state index in [4.69, 9.17) is 9.47 Å². The van der Waals surface area contributed by atoms with Crippen LogP contribution in [0.5, 0.6) is 0 Å². The van der Waals surface area contributed by atoms with Crippen LogP contribution in [0.4, 0.5) is 0 Å². The fraction of sp³-hybridized carbons (Fsp3) is 0. The van der Waals surface area contributed by atoms with E-state index in [0.29, 0.717) is 11.7 Å². The van der Waals surface area contributed by atoms with Crippen molar-refractivity contribution in [3.05, 3.63) is 54.7 Å². The van der Waals surface area contributed by atoms with Gasteiger partial charge in [-0.05, 0) is 6.58 Å². The highest BCUT2D eigenvalue weighted by molar-refractivity contribution is 5.60. The Labute approximate surface area is 70.7 Å². The third kappa shape index (κ3) is 1.19. The summed E-state index contributed by atoms with van der Waals surface area (Å²) in [6.45, 7) is 3.53. The summed E-state index contributed by atoms with van der Waals surface area (Å²) in [5, 5.41) is 0. The highest BCUT2D eigenvalue weighted by Gasteiger charge is 2.11. The van der Waals surface area contributed by atoms with E-state index < -0.39 is 0 Å². The lowest BCUT2D eigenvalue weighted by Crippen LogP contribution is -1.83. The highest BCUT2D eigenvalue weighted by Crippen LogP contribution is 2.24. The molecule has 12 heavy (non-hydrogen) atoms. The summed E-state index contributed by atoms with van der Waals surface area (Å²) < 4.78 is 10.1. The van der Waals surface area contributed by atoms with Gasteiger partial charge in [-0.3, -0.25) is 0 Å². The van der Waals surface area contributed by atoms with E-state index in [2.05, 4.69) is 6.58 Å². The Morgan fingerprint density at radius 3 is 2.42 bits per heavy atom. The van der Waals surface area contributed by atoms with Crippen LogP contribution in [0, 0.1) is 0 Å². The predicted molar refractivity (Wildman–Crippen MR) is 45.7 cm³/mol. The first-order chi connectivity index (χ1) is 5.86. The lowest BCUT2D eigenvalue weighted by molar-refractivity contribution is 0.213. The van der Waals surface area contributed by atoms with Crippen LogP contribution in [0.3, 0.4) is 0 Å². The van der Waals surface area contributed by atoms with Gasteiger partial charge in [0, 0.05) is 5.56 Å². The molecule has 2 heteroatoms. The van der Waals surface area contributed by atoms with Crippen molar-refractivity contribution in [2.45, 2.75) is 0 Å². The Bertz CT molecular complexity index is 325. The second-order valence-electron chi connectivity index (χ2n) is 2.44. The van der Waals surface area contributed by atoms with Gasteiger partial charge < -0.3 is 9.47 Å². The van der Waals surface area contributed by atoms with E-state index in [1.54, 1.807) is 6.26 Å². The van der Waals surface area contributed by atoms with E-state index in [0.717, 1.165) is 5.56 Å². The molecule has 1 heterocycles. The molecule has 0 spiro atoms. The fourth-order valence-electron chi connectivity index (χ4n) is 1.02. The first kappa shape index (κ1) is 6.98. The third-order valence-electron chi connectivity index (χ3n) is 1.58. The zero-order chi connectivity index (χ0) is 8.39. The van der Waals surface area contributed by atoms with Crippen LogP contribution in [0.1, 0.15) is 5.56 Å². The normalized spacial score (nSPS) is 15.0. The largest absolute Gasteiger partial charge is 0.430 e. The molecule has 0 saturated carbocycles. The topological polar surface area (TPSA) is 18.5 Å². The number of ether oxygens (including phenoxy) is 2. The monoisotopic (exact) mass is 160 g/mol. The van der Waals surface area contributed by atoms with Crippen LogP contribution >= 0.6 is 0 Å². The summed E-state index contributed by atoms with van der Waals surface area (Å²) >= 11 is 0. The van der Waals surface area contributed by atoms with Gasteiger partial charge in [-0.25, -0.2) is 0 Å². The average molecular weight is 160 g/mol. The quantitative estimate of drug-likeness (QED) is 0.628. The van der Waals surface area contributed by atoms with Crippen LogP contribution in [-0.2, 0) is 9.47 Å². The van der Waals surface area contributed by atoms with Crippen LogP contribution in [0.15, 0.2) is 49.1 Å². The number of hydrogen-bond donors (Lipinski definition) is 0. The summed E-state index contributed by atoms with van der Waals surface area (Å²) in [5.74, 6) is 1.04. The van der Waals surface area contributed by atoms with Gasteiger partial charge in [0.25, 0.3) is 5.95 Å². The van der Waals surface area contributed by atoms with Gasteiger partial charge in [-0.2, -0.15) is 0 Å². The molecule has 0 amide bonds. The minimum Gasteiger partial charge on any atom is -0.430 e. The molecule has 2 rings (SSSR count). The molecule has 0 unspecified atom stereocenters. The predicted octanol–water partition coefficient (Wildman–Crippen LogP) is 2.50. The lowest BCUT2D eigenvalue weighted by atomic mass is 10.2. The van der Waals surface area contributed by atoms with Gasteiger partial charge in [0.15, 0.2) is 5.76 Å². The molecule has 2 nitrogen and oxygen atoms in total. The zero-order valence-electron chi connectivity index (χ0n) is 6.49. The maximum atomic E-state index is 5.19. The second-order valence-corrected chi connectivity index (χ2v) is 2.44. The third-order valence-corrected chi connectivity index (χ3v) is 1.58. The van der Waals surface area contributed by atoms with Crippen molar-refractivity contribution in [1.29, 1.82) is 0 Å². The van der Waals surface area contributed by atoms with E-state index in [1.807, 2.05) is 30.3 Å². The van der Waals surface area contributed by atoms with Crippen LogP contribution in [0.2, 0.25) is 0 Å². The Morgan fingerprint density at radius 1 is 1.08 bits per heavy atom. The van der Waals surface area contributed by atoms with Crippen LogP contribution < -0.4 is 0 Å². The maximum absolute atomic E-state index is 5.19. The van der Waals surface area contributed by atoms with Gasteiger partial charge in [-0.15, -0.1) is 0 Å². The molecule has 0 N–H and O–H groups in total. The summed E-state index contributed by atoms with van der Waals surface area (Å²) in [6.07, 6.45) is 1.55. The first-order valence-electron chi connectivity index (χ1n) is 3.65.